The number of nitrogens with one attached hydrogen (secondary N) is 1. The third kappa shape index (κ3) is 5.18. The fraction of sp³-hybridized carbons (Fsp3) is 0.125. The highest BCUT2D eigenvalue weighted by Crippen LogP contribution is 2.29. The molecule has 1 amide bonds. The SMILES string of the molecule is Cc1cccc(OCC(=O)N/N=C\c2cc(Cl)cc([N+](=O)[O-])c2[O-])c1. The molecule has 0 unspecified atom stereocenters. The van der Waals surface area contributed by atoms with E-state index in [0.717, 1.165) is 17.8 Å². The first-order chi connectivity index (χ1) is 11.9. The third-order valence-electron chi connectivity index (χ3n) is 3.01. The Morgan fingerprint density at radius 1 is 1.40 bits per heavy atom. The maximum absolute atomic E-state index is 11.9. The van der Waals surface area contributed by atoms with Crippen molar-refractivity contribution in [1.82, 2.24) is 5.43 Å². The van der Waals surface area contributed by atoms with E-state index < -0.39 is 22.3 Å². The molecule has 0 aliphatic carbocycles. The van der Waals surface area contributed by atoms with Crippen LogP contribution >= 0.6 is 11.6 Å². The molecule has 2 aromatic carbocycles. The van der Waals surface area contributed by atoms with Crippen LogP contribution in [0.3, 0.4) is 0 Å². The maximum atomic E-state index is 11.9. The first kappa shape index (κ1) is 18.2. The van der Waals surface area contributed by atoms with Gasteiger partial charge >= 0.3 is 0 Å². The average Bonchev–Trinajstić information content (AvgIpc) is 2.55. The molecule has 0 aromatic heterocycles. The molecule has 8 nitrogen and oxygen atoms in total. The molecule has 1 N–H and O–H groups in total. The minimum atomic E-state index is -0.844. The molecule has 25 heavy (non-hydrogen) atoms. The van der Waals surface area contributed by atoms with E-state index in [1.165, 1.54) is 6.07 Å². The van der Waals surface area contributed by atoms with E-state index in [0.29, 0.717) is 5.75 Å². The molecule has 0 bridgehead atoms. The number of nitro benzene ring substituents is 1. The van der Waals surface area contributed by atoms with Crippen molar-refractivity contribution in [2.45, 2.75) is 6.92 Å². The van der Waals surface area contributed by atoms with Crippen LogP contribution < -0.4 is 15.3 Å². The number of carbonyl (C=O) groups excluding carboxylic acids is 1. The van der Waals surface area contributed by atoms with E-state index in [4.69, 9.17) is 16.3 Å². The summed E-state index contributed by atoms with van der Waals surface area (Å²) in [5.41, 5.74) is 2.38. The van der Waals surface area contributed by atoms with Gasteiger partial charge in [0.15, 0.2) is 6.61 Å². The van der Waals surface area contributed by atoms with Crippen LogP contribution in [0.15, 0.2) is 41.5 Å². The van der Waals surface area contributed by atoms with Crippen LogP contribution in [0.5, 0.6) is 11.5 Å². The number of halogens is 1. The number of rotatable bonds is 6. The Morgan fingerprint density at radius 2 is 2.16 bits per heavy atom. The molecule has 9 heteroatoms. The van der Waals surface area contributed by atoms with E-state index in [1.54, 1.807) is 18.2 Å². The molecule has 0 aliphatic heterocycles. The lowest BCUT2D eigenvalue weighted by atomic mass is 10.2. The van der Waals surface area contributed by atoms with Crippen molar-refractivity contribution in [3.63, 3.8) is 0 Å². The Kier molecular flexibility index (Phi) is 5.91. The van der Waals surface area contributed by atoms with Gasteiger partial charge in [-0.15, -0.1) is 0 Å². The zero-order valence-corrected chi connectivity index (χ0v) is 13.8. The molecular formula is C16H13ClN3O5-. The Balaban J connectivity index is 1.96. The molecular weight excluding hydrogens is 350 g/mol. The van der Waals surface area contributed by atoms with E-state index in [-0.39, 0.29) is 17.2 Å². The molecule has 2 aromatic rings. The molecule has 0 fully saturated rings. The summed E-state index contributed by atoms with van der Waals surface area (Å²) in [4.78, 5) is 21.6. The van der Waals surface area contributed by atoms with Gasteiger partial charge in [0.25, 0.3) is 11.6 Å². The fourth-order valence-electron chi connectivity index (χ4n) is 1.89. The van der Waals surface area contributed by atoms with Gasteiger partial charge < -0.3 is 9.84 Å². The smallest absolute Gasteiger partial charge is 0.277 e. The second kappa shape index (κ2) is 8.11. The van der Waals surface area contributed by atoms with E-state index >= 15 is 0 Å². The lowest BCUT2D eigenvalue weighted by Crippen LogP contribution is -2.24. The number of aryl methyl sites for hydroxylation is 1. The molecule has 2 rings (SSSR count). The Labute approximate surface area is 147 Å². The van der Waals surface area contributed by atoms with Gasteiger partial charge in [0.05, 0.1) is 11.1 Å². The van der Waals surface area contributed by atoms with Crippen LogP contribution in [0, 0.1) is 17.0 Å². The summed E-state index contributed by atoms with van der Waals surface area (Å²) < 4.78 is 5.29. The number of benzene rings is 2. The lowest BCUT2D eigenvalue weighted by molar-refractivity contribution is -0.398. The predicted octanol–water partition coefficient (Wildman–Crippen LogP) is 2.16. The zero-order valence-electron chi connectivity index (χ0n) is 13.1. The second-order valence-electron chi connectivity index (χ2n) is 5.00. The van der Waals surface area contributed by atoms with Crippen molar-refractivity contribution >= 4 is 29.4 Å². The monoisotopic (exact) mass is 362 g/mol. The first-order valence-electron chi connectivity index (χ1n) is 7.03. The van der Waals surface area contributed by atoms with Gasteiger partial charge in [-0.3, -0.25) is 14.9 Å². The number of hydrogen-bond donors (Lipinski definition) is 1. The van der Waals surface area contributed by atoms with Crippen LogP contribution in [-0.4, -0.2) is 23.7 Å². The average molecular weight is 363 g/mol. The van der Waals surface area contributed by atoms with Gasteiger partial charge in [0.2, 0.25) is 0 Å². The summed E-state index contributed by atoms with van der Waals surface area (Å²) in [6.07, 6.45) is 0.992. The molecule has 0 radical (unpaired) electrons. The normalized spacial score (nSPS) is 10.6. The van der Waals surface area contributed by atoms with Crippen LogP contribution in [-0.2, 0) is 4.79 Å². The van der Waals surface area contributed by atoms with Crippen LogP contribution in [0.2, 0.25) is 5.02 Å². The highest BCUT2D eigenvalue weighted by molar-refractivity contribution is 6.31. The molecule has 0 aliphatic rings. The van der Waals surface area contributed by atoms with E-state index in [1.807, 2.05) is 13.0 Å². The fourth-order valence-corrected chi connectivity index (χ4v) is 2.11. The van der Waals surface area contributed by atoms with Crippen molar-refractivity contribution in [2.75, 3.05) is 6.61 Å². The van der Waals surface area contributed by atoms with Gasteiger partial charge in [0.1, 0.15) is 5.75 Å². The Bertz CT molecular complexity index is 839. The zero-order chi connectivity index (χ0) is 18.4. The summed E-state index contributed by atoms with van der Waals surface area (Å²) >= 11 is 5.73. The number of nitro groups is 1. The lowest BCUT2D eigenvalue weighted by Gasteiger charge is -2.10. The topological polar surface area (TPSA) is 117 Å². The minimum Gasteiger partial charge on any atom is -0.867 e. The number of hydrazone groups is 1. The van der Waals surface area contributed by atoms with Gasteiger partial charge in [-0.05, 0) is 42.0 Å². The van der Waals surface area contributed by atoms with E-state index in [2.05, 4.69) is 10.5 Å². The van der Waals surface area contributed by atoms with Crippen LogP contribution in [0.1, 0.15) is 11.1 Å². The van der Waals surface area contributed by atoms with Crippen molar-refractivity contribution in [1.29, 1.82) is 0 Å². The first-order valence-corrected chi connectivity index (χ1v) is 7.41. The summed E-state index contributed by atoms with van der Waals surface area (Å²) in [6, 6.07) is 9.33. The van der Waals surface area contributed by atoms with Crippen LogP contribution in [0.4, 0.5) is 5.69 Å². The molecule has 130 valence electrons. The standard InChI is InChI=1S/C16H14ClN3O5/c1-10-3-2-4-13(5-10)25-9-15(21)19-18-8-11-6-12(17)7-14(16(11)22)20(23)24/h2-8,22H,9H2,1H3,(H,19,21)/p-1/b18-8-. The Morgan fingerprint density at radius 3 is 2.84 bits per heavy atom. The summed E-state index contributed by atoms with van der Waals surface area (Å²) in [5.74, 6) is -0.864. The maximum Gasteiger partial charge on any atom is 0.277 e. The van der Waals surface area contributed by atoms with Gasteiger partial charge in [-0.2, -0.15) is 5.10 Å². The number of nitrogens with zero attached hydrogens (tertiary/aromatic N) is 2. The summed E-state index contributed by atoms with van der Waals surface area (Å²) in [5, 5.41) is 26.2. The summed E-state index contributed by atoms with van der Waals surface area (Å²) in [7, 11) is 0. The quantitative estimate of drug-likeness (QED) is 0.480. The second-order valence-corrected chi connectivity index (χ2v) is 5.44. The third-order valence-corrected chi connectivity index (χ3v) is 3.23. The number of carbonyl (C=O) groups is 1. The van der Waals surface area contributed by atoms with Gasteiger partial charge in [-0.1, -0.05) is 23.7 Å². The van der Waals surface area contributed by atoms with Gasteiger partial charge in [0, 0.05) is 11.1 Å². The number of hydrogen-bond acceptors (Lipinski definition) is 6. The minimum absolute atomic E-state index is 0.0156. The molecule has 0 heterocycles. The highest BCUT2D eigenvalue weighted by atomic mass is 35.5. The van der Waals surface area contributed by atoms with Crippen molar-refractivity contribution in [3.05, 3.63) is 62.7 Å². The largest absolute Gasteiger partial charge is 0.867 e. The van der Waals surface area contributed by atoms with Crippen molar-refractivity contribution in [2.24, 2.45) is 5.10 Å². The number of amides is 1. The Hall–Kier alpha value is -3.13. The summed E-state index contributed by atoms with van der Waals surface area (Å²) in [6.45, 7) is 1.61. The molecule has 0 atom stereocenters. The van der Waals surface area contributed by atoms with Gasteiger partial charge in [-0.25, -0.2) is 5.43 Å². The predicted molar refractivity (Wildman–Crippen MR) is 90.0 cm³/mol. The van der Waals surface area contributed by atoms with Crippen molar-refractivity contribution in [3.8, 4) is 11.5 Å². The highest BCUT2D eigenvalue weighted by Gasteiger charge is 2.11. The molecule has 0 saturated heterocycles. The van der Waals surface area contributed by atoms with E-state index in [9.17, 15) is 20.0 Å². The van der Waals surface area contributed by atoms with Crippen LogP contribution in [0.25, 0.3) is 0 Å². The van der Waals surface area contributed by atoms with Crippen molar-refractivity contribution < 1.29 is 19.6 Å². The molecule has 0 saturated carbocycles. The molecule has 0 spiro atoms. The number of ether oxygens (including phenoxy) is 1.